The molecule has 0 bridgehead atoms. The van der Waals surface area contributed by atoms with Crippen LogP contribution >= 0.6 is 23.2 Å². The third kappa shape index (κ3) is 4.11. The van der Waals surface area contributed by atoms with Crippen molar-refractivity contribution in [3.05, 3.63) is 57.8 Å². The standard InChI is InChI=1S/C16H18Cl2N2O2/c1-9(2)22-11-4-6-14(20-8-11)16(21)15(19)10-3-5-12(17)13(18)7-10/h3-9,15-16,21H,19H2,1-2H3/t15-,16-/m0/s1. The molecular weight excluding hydrogens is 323 g/mol. The van der Waals surface area contributed by atoms with Crippen LogP contribution in [0.2, 0.25) is 10.0 Å². The molecule has 0 saturated heterocycles. The van der Waals surface area contributed by atoms with Crippen LogP contribution in [0.25, 0.3) is 0 Å². The zero-order chi connectivity index (χ0) is 16.3. The van der Waals surface area contributed by atoms with Crippen LogP contribution in [-0.4, -0.2) is 16.2 Å². The van der Waals surface area contributed by atoms with Gasteiger partial charge in [0.2, 0.25) is 0 Å². The average Bonchev–Trinajstić information content (AvgIpc) is 2.49. The van der Waals surface area contributed by atoms with E-state index in [4.69, 9.17) is 33.7 Å². The molecule has 1 heterocycles. The average molecular weight is 341 g/mol. The first kappa shape index (κ1) is 17.0. The van der Waals surface area contributed by atoms with Crippen molar-refractivity contribution < 1.29 is 9.84 Å². The zero-order valence-corrected chi connectivity index (χ0v) is 13.8. The molecule has 2 aromatic rings. The van der Waals surface area contributed by atoms with Gasteiger partial charge in [0.05, 0.1) is 34.1 Å². The van der Waals surface area contributed by atoms with Gasteiger partial charge in [0, 0.05) is 0 Å². The molecule has 0 radical (unpaired) electrons. The van der Waals surface area contributed by atoms with E-state index >= 15 is 0 Å². The molecule has 3 N–H and O–H groups in total. The van der Waals surface area contributed by atoms with Crippen molar-refractivity contribution in [2.45, 2.75) is 32.1 Å². The monoisotopic (exact) mass is 340 g/mol. The Morgan fingerprint density at radius 1 is 1.14 bits per heavy atom. The van der Waals surface area contributed by atoms with Gasteiger partial charge in [-0.25, -0.2) is 0 Å². The maximum Gasteiger partial charge on any atom is 0.137 e. The van der Waals surface area contributed by atoms with E-state index in [1.807, 2.05) is 13.8 Å². The quantitative estimate of drug-likeness (QED) is 0.865. The summed E-state index contributed by atoms with van der Waals surface area (Å²) in [6.07, 6.45) is 0.682. The van der Waals surface area contributed by atoms with E-state index in [0.717, 1.165) is 0 Å². The zero-order valence-electron chi connectivity index (χ0n) is 12.3. The Bertz CT molecular complexity index is 633. The molecule has 0 fully saturated rings. The Labute approximate surface area is 139 Å². The molecule has 0 saturated carbocycles. The Morgan fingerprint density at radius 2 is 1.86 bits per heavy atom. The number of benzene rings is 1. The Hall–Kier alpha value is -1.33. The molecule has 6 heteroatoms. The summed E-state index contributed by atoms with van der Waals surface area (Å²) in [5.41, 5.74) is 7.24. The maximum atomic E-state index is 10.4. The summed E-state index contributed by atoms with van der Waals surface area (Å²) in [6.45, 7) is 3.87. The Morgan fingerprint density at radius 3 is 2.41 bits per heavy atom. The summed E-state index contributed by atoms with van der Waals surface area (Å²) in [5, 5.41) is 11.2. The van der Waals surface area contributed by atoms with E-state index in [1.54, 1.807) is 36.5 Å². The number of aromatic nitrogens is 1. The summed E-state index contributed by atoms with van der Waals surface area (Å²) in [6, 6.07) is 7.83. The second kappa shape index (κ2) is 7.29. The predicted octanol–water partition coefficient (Wildman–Crippen LogP) is 3.91. The van der Waals surface area contributed by atoms with E-state index in [2.05, 4.69) is 4.98 Å². The fourth-order valence-electron chi connectivity index (χ4n) is 1.99. The Balaban J connectivity index is 2.15. The van der Waals surface area contributed by atoms with Crippen LogP contribution in [0.4, 0.5) is 0 Å². The van der Waals surface area contributed by atoms with Crippen LogP contribution in [0.5, 0.6) is 5.75 Å². The number of halogens is 2. The molecule has 2 rings (SSSR count). The van der Waals surface area contributed by atoms with Gasteiger partial charge in [-0.3, -0.25) is 4.98 Å². The SMILES string of the molecule is CC(C)Oc1ccc([C@H](O)[C@@H](N)c2ccc(Cl)c(Cl)c2)nc1. The van der Waals surface area contributed by atoms with Crippen LogP contribution in [0.15, 0.2) is 36.5 Å². The highest BCUT2D eigenvalue weighted by Gasteiger charge is 2.20. The number of pyridine rings is 1. The van der Waals surface area contributed by atoms with Crippen LogP contribution < -0.4 is 10.5 Å². The van der Waals surface area contributed by atoms with E-state index in [-0.39, 0.29) is 6.10 Å². The molecule has 0 unspecified atom stereocenters. The molecule has 0 amide bonds. The molecule has 118 valence electrons. The van der Waals surface area contributed by atoms with Crippen molar-refractivity contribution in [3.63, 3.8) is 0 Å². The van der Waals surface area contributed by atoms with Gasteiger partial charge in [0.1, 0.15) is 11.9 Å². The number of ether oxygens (including phenoxy) is 1. The van der Waals surface area contributed by atoms with Crippen LogP contribution in [0.1, 0.15) is 37.3 Å². The van der Waals surface area contributed by atoms with Gasteiger partial charge in [-0.1, -0.05) is 29.3 Å². The highest BCUT2D eigenvalue weighted by atomic mass is 35.5. The van der Waals surface area contributed by atoms with Crippen LogP contribution in [-0.2, 0) is 0 Å². The van der Waals surface area contributed by atoms with E-state index in [9.17, 15) is 5.11 Å². The normalized spacial score (nSPS) is 14.0. The molecule has 0 aliphatic carbocycles. The van der Waals surface area contributed by atoms with Gasteiger partial charge in [-0.05, 0) is 43.7 Å². The number of aliphatic hydroxyl groups is 1. The third-order valence-corrected chi connectivity index (χ3v) is 3.84. The summed E-state index contributed by atoms with van der Waals surface area (Å²) >= 11 is 11.9. The summed E-state index contributed by atoms with van der Waals surface area (Å²) < 4.78 is 5.52. The molecule has 1 aromatic carbocycles. The van der Waals surface area contributed by atoms with Gasteiger partial charge >= 0.3 is 0 Å². The first-order valence-corrected chi connectivity index (χ1v) is 7.65. The molecule has 22 heavy (non-hydrogen) atoms. The summed E-state index contributed by atoms with van der Waals surface area (Å²) in [4.78, 5) is 4.20. The van der Waals surface area contributed by atoms with Crippen LogP contribution in [0.3, 0.4) is 0 Å². The van der Waals surface area contributed by atoms with Crippen molar-refractivity contribution in [3.8, 4) is 5.75 Å². The molecule has 4 nitrogen and oxygen atoms in total. The number of hydrogen-bond donors (Lipinski definition) is 2. The molecule has 1 aromatic heterocycles. The minimum Gasteiger partial charge on any atom is -0.489 e. The lowest BCUT2D eigenvalue weighted by molar-refractivity contribution is 0.142. The lowest BCUT2D eigenvalue weighted by atomic mass is 10.00. The van der Waals surface area contributed by atoms with Crippen molar-refractivity contribution in [1.29, 1.82) is 0 Å². The number of aliphatic hydroxyl groups excluding tert-OH is 1. The van der Waals surface area contributed by atoms with Crippen molar-refractivity contribution in [1.82, 2.24) is 4.98 Å². The number of nitrogens with two attached hydrogens (primary N) is 1. The Kier molecular flexibility index (Phi) is 5.64. The van der Waals surface area contributed by atoms with Crippen molar-refractivity contribution in [2.75, 3.05) is 0 Å². The van der Waals surface area contributed by atoms with Gasteiger partial charge < -0.3 is 15.6 Å². The molecule has 0 aliphatic rings. The predicted molar refractivity (Wildman–Crippen MR) is 88.4 cm³/mol. The summed E-state index contributed by atoms with van der Waals surface area (Å²) in [7, 11) is 0. The van der Waals surface area contributed by atoms with Gasteiger partial charge in [0.15, 0.2) is 0 Å². The first-order valence-electron chi connectivity index (χ1n) is 6.89. The van der Waals surface area contributed by atoms with Gasteiger partial charge in [-0.15, -0.1) is 0 Å². The molecule has 2 atom stereocenters. The van der Waals surface area contributed by atoms with Crippen molar-refractivity contribution >= 4 is 23.2 Å². The van der Waals surface area contributed by atoms with E-state index in [0.29, 0.717) is 27.1 Å². The van der Waals surface area contributed by atoms with E-state index in [1.165, 1.54) is 0 Å². The highest BCUT2D eigenvalue weighted by Crippen LogP contribution is 2.30. The second-order valence-electron chi connectivity index (χ2n) is 5.23. The van der Waals surface area contributed by atoms with Gasteiger partial charge in [-0.2, -0.15) is 0 Å². The number of nitrogens with zero attached hydrogens (tertiary/aromatic N) is 1. The minimum atomic E-state index is -0.953. The second-order valence-corrected chi connectivity index (χ2v) is 6.04. The van der Waals surface area contributed by atoms with Crippen LogP contribution in [0, 0.1) is 0 Å². The molecule has 0 aliphatic heterocycles. The first-order chi connectivity index (χ1) is 10.4. The lowest BCUT2D eigenvalue weighted by Gasteiger charge is -2.19. The fraction of sp³-hybridized carbons (Fsp3) is 0.312. The fourth-order valence-corrected chi connectivity index (χ4v) is 2.30. The third-order valence-electron chi connectivity index (χ3n) is 3.10. The van der Waals surface area contributed by atoms with Crippen molar-refractivity contribution in [2.24, 2.45) is 5.73 Å². The highest BCUT2D eigenvalue weighted by molar-refractivity contribution is 6.42. The largest absolute Gasteiger partial charge is 0.489 e. The smallest absolute Gasteiger partial charge is 0.137 e. The molecular formula is C16H18Cl2N2O2. The van der Waals surface area contributed by atoms with Gasteiger partial charge in [0.25, 0.3) is 0 Å². The maximum absolute atomic E-state index is 10.4. The topological polar surface area (TPSA) is 68.4 Å². The van der Waals surface area contributed by atoms with E-state index < -0.39 is 12.1 Å². The lowest BCUT2D eigenvalue weighted by Crippen LogP contribution is -2.20. The minimum absolute atomic E-state index is 0.0658. The number of hydrogen-bond acceptors (Lipinski definition) is 4. The molecule has 0 spiro atoms. The summed E-state index contributed by atoms with van der Waals surface area (Å²) in [5.74, 6) is 0.647. The number of rotatable bonds is 5.